The molecule has 0 radical (unpaired) electrons. The maximum Gasteiger partial charge on any atom is 0.244 e. The molecular weight excluding hydrogens is 498 g/mol. The van der Waals surface area contributed by atoms with E-state index in [4.69, 9.17) is 0 Å². The third-order valence-corrected chi connectivity index (χ3v) is 7.88. The zero-order valence-corrected chi connectivity index (χ0v) is 21.8. The molecule has 0 aliphatic heterocycles. The van der Waals surface area contributed by atoms with Gasteiger partial charge >= 0.3 is 0 Å². The number of nitrogens with zero attached hydrogens (tertiary/aromatic N) is 1. The van der Waals surface area contributed by atoms with Crippen molar-refractivity contribution in [3.63, 3.8) is 0 Å². The second-order valence-corrected chi connectivity index (χ2v) is 10.8. The van der Waals surface area contributed by atoms with Crippen LogP contribution < -0.4 is 10.6 Å². The van der Waals surface area contributed by atoms with E-state index >= 15 is 0 Å². The lowest BCUT2D eigenvalue weighted by molar-refractivity contribution is -0.116. The van der Waals surface area contributed by atoms with E-state index in [1.807, 2.05) is 104 Å². The van der Waals surface area contributed by atoms with Crippen molar-refractivity contribution in [2.45, 2.75) is 23.5 Å². The number of aryl methyl sites for hydroxylation is 1. The van der Waals surface area contributed by atoms with Crippen LogP contribution in [0.5, 0.6) is 0 Å². The van der Waals surface area contributed by atoms with Crippen LogP contribution in [-0.4, -0.2) is 16.8 Å². The van der Waals surface area contributed by atoms with Crippen LogP contribution in [0, 0.1) is 6.92 Å². The molecule has 0 bridgehead atoms. The summed E-state index contributed by atoms with van der Waals surface area (Å²) in [6, 6.07) is 33.0. The normalized spacial score (nSPS) is 11.7. The molecule has 1 heterocycles. The zero-order valence-electron chi connectivity index (χ0n) is 20.2. The highest BCUT2D eigenvalue weighted by molar-refractivity contribution is 8.00. The van der Waals surface area contributed by atoms with Crippen LogP contribution in [-0.2, 0) is 16.0 Å². The Hall–Kier alpha value is -3.94. The molecule has 1 unspecified atom stereocenters. The summed E-state index contributed by atoms with van der Waals surface area (Å²) in [6.45, 7) is 2.04. The van der Waals surface area contributed by atoms with Gasteiger partial charge in [0.1, 0.15) is 5.25 Å². The Morgan fingerprint density at radius 2 is 1.62 bits per heavy atom. The minimum Gasteiger partial charge on any atom is -0.326 e. The Morgan fingerprint density at radius 1 is 0.865 bits per heavy atom. The summed E-state index contributed by atoms with van der Waals surface area (Å²) in [5.41, 5.74) is 4.56. The Balaban J connectivity index is 1.33. The third-order valence-electron chi connectivity index (χ3n) is 5.69. The Morgan fingerprint density at radius 3 is 2.41 bits per heavy atom. The smallest absolute Gasteiger partial charge is 0.244 e. The molecule has 1 aromatic heterocycles. The van der Waals surface area contributed by atoms with Gasteiger partial charge in [-0.05, 0) is 53.9 Å². The van der Waals surface area contributed by atoms with Crippen molar-refractivity contribution < 1.29 is 9.59 Å². The molecule has 0 aliphatic carbocycles. The fourth-order valence-electron chi connectivity index (χ4n) is 3.93. The number of thiazole rings is 1. The fourth-order valence-corrected chi connectivity index (χ4v) is 5.98. The van der Waals surface area contributed by atoms with Crippen molar-refractivity contribution in [3.05, 3.63) is 120 Å². The van der Waals surface area contributed by atoms with Gasteiger partial charge < -0.3 is 10.6 Å². The van der Waals surface area contributed by atoms with E-state index in [9.17, 15) is 9.59 Å². The van der Waals surface area contributed by atoms with E-state index in [1.165, 1.54) is 23.1 Å². The lowest BCUT2D eigenvalue weighted by Gasteiger charge is -2.17. The van der Waals surface area contributed by atoms with Crippen molar-refractivity contribution in [1.29, 1.82) is 0 Å². The first-order chi connectivity index (χ1) is 18.0. The first kappa shape index (κ1) is 24.7. The van der Waals surface area contributed by atoms with Crippen LogP contribution in [0.2, 0.25) is 0 Å². The number of aromatic nitrogens is 1. The average Bonchev–Trinajstić information content (AvgIpc) is 3.29. The Labute approximate surface area is 224 Å². The number of thioether (sulfide) groups is 1. The van der Waals surface area contributed by atoms with Gasteiger partial charge in [0.05, 0.1) is 16.6 Å². The lowest BCUT2D eigenvalue weighted by Crippen LogP contribution is -2.19. The van der Waals surface area contributed by atoms with Crippen LogP contribution in [0.25, 0.3) is 10.2 Å². The van der Waals surface area contributed by atoms with Gasteiger partial charge in [-0.25, -0.2) is 4.98 Å². The number of hydrogen-bond acceptors (Lipinski definition) is 5. The van der Waals surface area contributed by atoms with Gasteiger partial charge in [-0.3, -0.25) is 9.59 Å². The highest BCUT2D eigenvalue weighted by Crippen LogP contribution is 2.38. The summed E-state index contributed by atoms with van der Waals surface area (Å²) >= 11 is 2.91. The molecule has 0 saturated carbocycles. The molecule has 2 amide bonds. The van der Waals surface area contributed by atoms with Gasteiger partial charge in [0.15, 0.2) is 5.13 Å². The van der Waals surface area contributed by atoms with Crippen LogP contribution in [0.1, 0.15) is 21.9 Å². The molecule has 37 heavy (non-hydrogen) atoms. The van der Waals surface area contributed by atoms with E-state index in [1.54, 1.807) is 0 Å². The molecule has 0 fully saturated rings. The molecule has 184 valence electrons. The number of rotatable bonds is 8. The third kappa shape index (κ3) is 6.44. The number of anilines is 2. The van der Waals surface area contributed by atoms with Gasteiger partial charge in [-0.15, -0.1) is 11.8 Å². The topological polar surface area (TPSA) is 71.1 Å². The average molecular weight is 524 g/mol. The summed E-state index contributed by atoms with van der Waals surface area (Å²) in [4.78, 5) is 31.5. The minimum absolute atomic E-state index is 0.0863. The molecule has 0 spiro atoms. The first-order valence-electron chi connectivity index (χ1n) is 11.9. The quantitative estimate of drug-likeness (QED) is 0.210. The van der Waals surface area contributed by atoms with Crippen LogP contribution >= 0.6 is 23.1 Å². The van der Waals surface area contributed by atoms with Gasteiger partial charge in [0.25, 0.3) is 0 Å². The van der Waals surface area contributed by atoms with Gasteiger partial charge in [0.2, 0.25) is 11.8 Å². The van der Waals surface area contributed by atoms with Gasteiger partial charge in [0, 0.05) is 10.6 Å². The van der Waals surface area contributed by atoms with E-state index in [2.05, 4.69) is 21.7 Å². The summed E-state index contributed by atoms with van der Waals surface area (Å²) in [6.07, 6.45) is 0.301. The molecule has 5 aromatic rings. The molecular formula is C30H25N3O2S2. The van der Waals surface area contributed by atoms with Gasteiger partial charge in [-0.2, -0.15) is 0 Å². The van der Waals surface area contributed by atoms with E-state index in [0.29, 0.717) is 17.2 Å². The van der Waals surface area contributed by atoms with E-state index in [0.717, 1.165) is 31.8 Å². The maximum absolute atomic E-state index is 13.5. The largest absolute Gasteiger partial charge is 0.326 e. The monoisotopic (exact) mass is 523 g/mol. The van der Waals surface area contributed by atoms with Crippen molar-refractivity contribution in [1.82, 2.24) is 4.98 Å². The Kier molecular flexibility index (Phi) is 7.63. The second-order valence-electron chi connectivity index (χ2n) is 8.63. The minimum atomic E-state index is -0.495. The summed E-state index contributed by atoms with van der Waals surface area (Å²) in [7, 11) is 0. The number of carbonyl (C=O) groups is 2. The lowest BCUT2D eigenvalue weighted by atomic mass is 10.1. The summed E-state index contributed by atoms with van der Waals surface area (Å²) in [5.74, 6) is -0.234. The molecule has 5 nitrogen and oxygen atoms in total. The maximum atomic E-state index is 13.5. The van der Waals surface area contributed by atoms with Crippen LogP contribution in [0.15, 0.2) is 108 Å². The molecule has 1 atom stereocenters. The van der Waals surface area contributed by atoms with Crippen molar-refractivity contribution in [3.8, 4) is 0 Å². The fraction of sp³-hybridized carbons (Fsp3) is 0.100. The number of carbonyl (C=O) groups excluding carboxylic acids is 2. The zero-order chi connectivity index (χ0) is 25.6. The number of benzene rings is 4. The number of fused-ring (bicyclic) bond motifs is 1. The van der Waals surface area contributed by atoms with Crippen molar-refractivity contribution >= 4 is 55.9 Å². The predicted molar refractivity (Wildman–Crippen MR) is 153 cm³/mol. The van der Waals surface area contributed by atoms with E-state index < -0.39 is 5.25 Å². The SMILES string of the molecule is Cc1ccc2nc(NC(=O)C(Sc3cccc(NC(=O)Cc4ccccc4)c3)c3ccccc3)sc2c1. The highest BCUT2D eigenvalue weighted by Gasteiger charge is 2.23. The number of amides is 2. The number of hydrogen-bond donors (Lipinski definition) is 2. The van der Waals surface area contributed by atoms with Crippen LogP contribution in [0.3, 0.4) is 0 Å². The highest BCUT2D eigenvalue weighted by atomic mass is 32.2. The molecule has 2 N–H and O–H groups in total. The molecule has 4 aromatic carbocycles. The molecule has 0 aliphatic rings. The van der Waals surface area contributed by atoms with Crippen molar-refractivity contribution in [2.75, 3.05) is 10.6 Å². The van der Waals surface area contributed by atoms with Gasteiger partial charge in [-0.1, -0.05) is 84.1 Å². The predicted octanol–water partition coefficient (Wildman–Crippen LogP) is 7.26. The second kappa shape index (κ2) is 11.4. The number of nitrogens with one attached hydrogen (secondary N) is 2. The first-order valence-corrected chi connectivity index (χ1v) is 13.6. The van der Waals surface area contributed by atoms with Crippen molar-refractivity contribution in [2.24, 2.45) is 0 Å². The van der Waals surface area contributed by atoms with E-state index in [-0.39, 0.29) is 11.8 Å². The Bertz CT molecular complexity index is 1530. The molecule has 5 rings (SSSR count). The summed E-state index contributed by atoms with van der Waals surface area (Å²) in [5, 5.41) is 6.08. The molecule has 7 heteroatoms. The molecule has 0 saturated heterocycles. The van der Waals surface area contributed by atoms with Crippen LogP contribution in [0.4, 0.5) is 10.8 Å². The standard InChI is InChI=1S/C30H25N3O2S2/c1-20-15-16-25-26(17-20)37-30(32-25)33-29(35)28(22-11-6-3-7-12-22)36-24-14-8-13-23(19-24)31-27(34)18-21-9-4-2-5-10-21/h2-17,19,28H,18H2,1H3,(H,31,34)(H,32,33,35). The summed E-state index contributed by atoms with van der Waals surface area (Å²) < 4.78 is 1.04.